The van der Waals surface area contributed by atoms with Gasteiger partial charge in [0.2, 0.25) is 11.8 Å². The van der Waals surface area contributed by atoms with E-state index in [1.807, 2.05) is 18.3 Å². The van der Waals surface area contributed by atoms with Gasteiger partial charge in [-0.25, -0.2) is 15.0 Å². The van der Waals surface area contributed by atoms with E-state index in [0.29, 0.717) is 30.4 Å². The number of rotatable bonds is 9. The maximum atomic E-state index is 6.38. The summed E-state index contributed by atoms with van der Waals surface area (Å²) in [5.74, 6) is 1.97. The molecule has 200 valence electrons. The first kappa shape index (κ1) is 28.0. The van der Waals surface area contributed by atoms with Gasteiger partial charge in [0.15, 0.2) is 11.2 Å². The van der Waals surface area contributed by atoms with E-state index in [1.165, 1.54) is 12.0 Å². The molecule has 1 aromatic carbocycles. The number of pyridine rings is 1. The molecule has 1 N–H and O–H groups in total. The summed E-state index contributed by atoms with van der Waals surface area (Å²) in [7, 11) is 0. The normalized spacial score (nSPS) is 16.9. The van der Waals surface area contributed by atoms with Crippen molar-refractivity contribution in [2.24, 2.45) is 0 Å². The predicted molar refractivity (Wildman–Crippen MR) is 148 cm³/mol. The molecule has 0 unspecified atom stereocenters. The summed E-state index contributed by atoms with van der Waals surface area (Å²) >= 11 is 0. The van der Waals surface area contributed by atoms with Gasteiger partial charge in [-0.05, 0) is 44.2 Å². The van der Waals surface area contributed by atoms with E-state index in [2.05, 4.69) is 67.8 Å². The Morgan fingerprint density at radius 1 is 1.08 bits per heavy atom. The number of fused-ring (bicyclic) bond motifs is 1. The minimum atomic E-state index is -0.189. The molecule has 0 atom stereocenters. The van der Waals surface area contributed by atoms with Crippen molar-refractivity contribution in [2.75, 3.05) is 39.3 Å². The third-order valence-corrected chi connectivity index (χ3v) is 7.63. The SMILES string of the molecule is Cc1cc(OCCN2CCNCC2)ncc1-c1nc2c(OC3(C)CCC3)ncnc2n1Cc1ccccc1.[H-].[Na+]. The summed E-state index contributed by atoms with van der Waals surface area (Å²) in [5.41, 5.74) is 4.40. The van der Waals surface area contributed by atoms with Gasteiger partial charge in [-0.3, -0.25) is 4.90 Å². The average molecular weight is 538 g/mol. The van der Waals surface area contributed by atoms with Crippen LogP contribution in [0.3, 0.4) is 0 Å². The maximum Gasteiger partial charge on any atom is 1.00 e. The van der Waals surface area contributed by atoms with Gasteiger partial charge in [-0.1, -0.05) is 30.3 Å². The molecule has 3 aromatic heterocycles. The molecule has 0 radical (unpaired) electrons. The third-order valence-electron chi connectivity index (χ3n) is 7.63. The van der Waals surface area contributed by atoms with Gasteiger partial charge < -0.3 is 20.8 Å². The molecule has 1 aliphatic heterocycles. The standard InChI is InChI=1S/C29H35N7O2.Na.H/c1-21-17-24(37-16-15-35-13-11-30-12-14-35)31-18-23(21)26-34-25-27(36(26)19-22-7-4-3-5-8-22)32-20-33-28(25)38-29(2)9-6-10-29;;/h3-5,7-8,17-18,20,30H,6,9-16,19H2,1-2H3;;/q;+1;-1. The molecule has 1 aliphatic carbocycles. The molecular weight excluding hydrogens is 501 g/mol. The second-order valence-corrected chi connectivity index (χ2v) is 10.5. The van der Waals surface area contributed by atoms with Gasteiger partial charge in [0.25, 0.3) is 0 Å². The zero-order valence-corrected chi connectivity index (χ0v) is 25.2. The molecule has 2 aliphatic rings. The topological polar surface area (TPSA) is 90.2 Å². The van der Waals surface area contributed by atoms with Crippen molar-refractivity contribution in [2.45, 2.75) is 45.3 Å². The number of aryl methyl sites for hydroxylation is 1. The number of nitrogens with zero attached hydrogens (tertiary/aromatic N) is 6. The van der Waals surface area contributed by atoms with Gasteiger partial charge in [-0.2, -0.15) is 4.98 Å². The largest absolute Gasteiger partial charge is 1.00 e. The van der Waals surface area contributed by atoms with Crippen LogP contribution in [0, 0.1) is 6.92 Å². The number of hydrogen-bond donors (Lipinski definition) is 1. The Balaban J connectivity index is 0.00000185. The van der Waals surface area contributed by atoms with Crippen LogP contribution in [0.5, 0.6) is 11.8 Å². The minimum Gasteiger partial charge on any atom is -1.00 e. The zero-order valence-electron chi connectivity index (χ0n) is 24.2. The predicted octanol–water partition coefficient (Wildman–Crippen LogP) is 0.967. The summed E-state index contributed by atoms with van der Waals surface area (Å²) in [6.45, 7) is 10.5. The molecule has 6 rings (SSSR count). The molecule has 1 saturated carbocycles. The fourth-order valence-corrected chi connectivity index (χ4v) is 5.18. The number of imidazole rings is 1. The smallest absolute Gasteiger partial charge is 1.00 e. The first-order valence-corrected chi connectivity index (χ1v) is 13.6. The zero-order chi connectivity index (χ0) is 26.0. The molecule has 0 spiro atoms. The van der Waals surface area contributed by atoms with Crippen molar-refractivity contribution in [3.05, 3.63) is 60.0 Å². The minimum absolute atomic E-state index is 0. The van der Waals surface area contributed by atoms with Crippen LogP contribution in [0.25, 0.3) is 22.6 Å². The van der Waals surface area contributed by atoms with Crippen molar-refractivity contribution in [1.82, 2.24) is 34.7 Å². The Morgan fingerprint density at radius 3 is 2.59 bits per heavy atom. The van der Waals surface area contributed by atoms with Crippen molar-refractivity contribution in [3.8, 4) is 23.1 Å². The van der Waals surface area contributed by atoms with Crippen molar-refractivity contribution >= 4 is 11.2 Å². The fourth-order valence-electron chi connectivity index (χ4n) is 5.18. The molecular formula is C29H36N7NaO2. The summed E-state index contributed by atoms with van der Waals surface area (Å²) in [5, 5.41) is 3.38. The van der Waals surface area contributed by atoms with Gasteiger partial charge in [-0.15, -0.1) is 0 Å². The van der Waals surface area contributed by atoms with E-state index in [-0.39, 0.29) is 36.6 Å². The van der Waals surface area contributed by atoms with Gasteiger partial charge >= 0.3 is 29.6 Å². The number of piperazine rings is 1. The van der Waals surface area contributed by atoms with Crippen LogP contribution in [0.2, 0.25) is 0 Å². The first-order chi connectivity index (χ1) is 18.6. The molecule has 2 fully saturated rings. The van der Waals surface area contributed by atoms with E-state index in [4.69, 9.17) is 14.5 Å². The third kappa shape index (κ3) is 6.28. The Kier molecular flexibility index (Phi) is 8.83. The first-order valence-electron chi connectivity index (χ1n) is 13.6. The monoisotopic (exact) mass is 537 g/mol. The number of nitrogens with one attached hydrogen (secondary N) is 1. The fraction of sp³-hybridized carbons (Fsp3) is 0.448. The van der Waals surface area contributed by atoms with Crippen molar-refractivity contribution in [1.29, 1.82) is 0 Å². The number of aromatic nitrogens is 5. The number of ether oxygens (including phenoxy) is 2. The maximum absolute atomic E-state index is 6.38. The van der Waals surface area contributed by atoms with Crippen LogP contribution in [0.4, 0.5) is 0 Å². The van der Waals surface area contributed by atoms with E-state index in [0.717, 1.165) is 68.2 Å². The van der Waals surface area contributed by atoms with Crippen LogP contribution in [-0.2, 0) is 6.54 Å². The average Bonchev–Trinajstić information content (AvgIpc) is 3.28. The molecule has 9 nitrogen and oxygen atoms in total. The molecule has 1 saturated heterocycles. The Bertz CT molecular complexity index is 1410. The number of benzene rings is 1. The Labute approximate surface area is 253 Å². The summed E-state index contributed by atoms with van der Waals surface area (Å²) < 4.78 is 14.5. The molecule has 4 aromatic rings. The molecule has 4 heterocycles. The summed E-state index contributed by atoms with van der Waals surface area (Å²) in [6, 6.07) is 12.4. The van der Waals surface area contributed by atoms with E-state index in [9.17, 15) is 0 Å². The number of hydrogen-bond acceptors (Lipinski definition) is 8. The molecule has 0 bridgehead atoms. The van der Waals surface area contributed by atoms with E-state index < -0.39 is 0 Å². The molecule has 39 heavy (non-hydrogen) atoms. The van der Waals surface area contributed by atoms with Crippen molar-refractivity contribution < 1.29 is 40.5 Å². The van der Waals surface area contributed by atoms with Crippen LogP contribution >= 0.6 is 0 Å². The molecule has 0 amide bonds. The van der Waals surface area contributed by atoms with Gasteiger partial charge in [0.1, 0.15) is 24.4 Å². The van der Waals surface area contributed by atoms with Crippen LogP contribution in [0.1, 0.15) is 38.7 Å². The quantitative estimate of drug-likeness (QED) is 0.316. The van der Waals surface area contributed by atoms with Crippen LogP contribution in [0.15, 0.2) is 48.9 Å². The Morgan fingerprint density at radius 2 is 1.87 bits per heavy atom. The van der Waals surface area contributed by atoms with E-state index >= 15 is 0 Å². The van der Waals surface area contributed by atoms with E-state index in [1.54, 1.807) is 6.33 Å². The second-order valence-electron chi connectivity index (χ2n) is 10.5. The van der Waals surface area contributed by atoms with Gasteiger partial charge in [0, 0.05) is 50.6 Å². The second kappa shape index (κ2) is 12.3. The van der Waals surface area contributed by atoms with Crippen LogP contribution in [-0.4, -0.2) is 74.3 Å². The summed E-state index contributed by atoms with van der Waals surface area (Å²) in [4.78, 5) is 21.2. The van der Waals surface area contributed by atoms with Crippen molar-refractivity contribution in [3.63, 3.8) is 0 Å². The van der Waals surface area contributed by atoms with Gasteiger partial charge in [0.05, 0.1) is 6.54 Å². The summed E-state index contributed by atoms with van der Waals surface area (Å²) in [6.07, 6.45) is 6.66. The molecule has 10 heteroatoms. The Hall–Kier alpha value is -2.56. The van der Waals surface area contributed by atoms with Crippen LogP contribution < -0.4 is 44.3 Å².